The Morgan fingerprint density at radius 1 is 1.20 bits per heavy atom. The van der Waals surface area contributed by atoms with Gasteiger partial charge in [-0.25, -0.2) is 19.3 Å². The molecule has 1 amide bonds. The number of carbonyl (C=O) groups is 1. The van der Waals surface area contributed by atoms with Crippen molar-refractivity contribution in [2.24, 2.45) is 0 Å². The van der Waals surface area contributed by atoms with Crippen molar-refractivity contribution in [3.63, 3.8) is 0 Å². The van der Waals surface area contributed by atoms with Crippen molar-refractivity contribution in [1.29, 1.82) is 0 Å². The Morgan fingerprint density at radius 3 is 2.73 bits per heavy atom. The number of nitrogen functional groups attached to an aromatic ring is 1. The monoisotopic (exact) mass is 557 g/mol. The topological polar surface area (TPSA) is 111 Å². The van der Waals surface area contributed by atoms with Gasteiger partial charge >= 0.3 is 0 Å². The number of hydrogen-bond acceptors (Lipinski definition) is 8. The van der Waals surface area contributed by atoms with Gasteiger partial charge < -0.3 is 19.5 Å². The Balaban J connectivity index is 1.33. The maximum absolute atomic E-state index is 14.6. The summed E-state index contributed by atoms with van der Waals surface area (Å²) in [5.41, 5.74) is 10.3. The van der Waals surface area contributed by atoms with Gasteiger partial charge in [0, 0.05) is 45.8 Å². The maximum Gasteiger partial charge on any atom is 0.254 e. The smallest absolute Gasteiger partial charge is 0.254 e. The number of aromatic nitrogens is 3. The van der Waals surface area contributed by atoms with Crippen molar-refractivity contribution in [1.82, 2.24) is 19.9 Å². The van der Waals surface area contributed by atoms with E-state index >= 15 is 0 Å². The number of oxazole rings is 2. The molecule has 6 rings (SSSR count). The predicted molar refractivity (Wildman–Crippen MR) is 151 cm³/mol. The fourth-order valence-electron chi connectivity index (χ4n) is 5.10. The summed E-state index contributed by atoms with van der Waals surface area (Å²) < 4.78 is 26.3. The Kier molecular flexibility index (Phi) is 6.93. The molecule has 40 heavy (non-hydrogen) atoms. The van der Waals surface area contributed by atoms with Gasteiger partial charge in [-0.2, -0.15) is 0 Å². The lowest BCUT2D eigenvalue weighted by Gasteiger charge is -2.23. The van der Waals surface area contributed by atoms with Gasteiger partial charge in [-0.15, -0.1) is 11.3 Å². The van der Waals surface area contributed by atoms with Crippen molar-refractivity contribution in [3.8, 4) is 22.9 Å². The molecule has 3 atom stereocenters. The average molecular weight is 558 g/mol. The number of thiazole rings is 1. The fraction of sp³-hybridized carbons (Fsp3) is 0.267. The zero-order valence-corrected chi connectivity index (χ0v) is 22.9. The highest BCUT2D eigenvalue weighted by molar-refractivity contribution is 7.09. The zero-order valence-electron chi connectivity index (χ0n) is 22.1. The fourth-order valence-corrected chi connectivity index (χ4v) is 6.02. The number of nitrogens with two attached hydrogens (primary N) is 1. The first kappa shape index (κ1) is 25.9. The number of amides is 1. The van der Waals surface area contributed by atoms with Gasteiger partial charge in [0.1, 0.15) is 23.2 Å². The first-order valence-corrected chi connectivity index (χ1v) is 13.9. The Bertz CT molecular complexity index is 1650. The molecule has 8 nitrogen and oxygen atoms in total. The van der Waals surface area contributed by atoms with E-state index < -0.39 is 12.2 Å². The van der Waals surface area contributed by atoms with Crippen LogP contribution in [0.25, 0.3) is 22.9 Å². The van der Waals surface area contributed by atoms with E-state index in [9.17, 15) is 9.18 Å². The number of aryl methyl sites for hydroxylation is 1. The number of para-hydroxylation sites is 1. The van der Waals surface area contributed by atoms with Gasteiger partial charge in [0.15, 0.2) is 0 Å². The molecule has 1 saturated heterocycles. The Hall–Kier alpha value is -4.31. The van der Waals surface area contributed by atoms with Crippen LogP contribution in [0.2, 0.25) is 0 Å². The van der Waals surface area contributed by atoms with E-state index in [2.05, 4.69) is 21.9 Å². The summed E-state index contributed by atoms with van der Waals surface area (Å²) in [5.74, 6) is 1.14. The molecular weight excluding hydrogens is 529 g/mol. The van der Waals surface area contributed by atoms with E-state index in [4.69, 9.17) is 14.6 Å². The van der Waals surface area contributed by atoms with Crippen LogP contribution in [0.15, 0.2) is 75.3 Å². The molecule has 0 unspecified atom stereocenters. The largest absolute Gasteiger partial charge is 0.445 e. The van der Waals surface area contributed by atoms with Gasteiger partial charge in [-0.1, -0.05) is 25.1 Å². The first-order chi connectivity index (χ1) is 19.4. The molecule has 0 spiro atoms. The van der Waals surface area contributed by atoms with Gasteiger partial charge in [-0.05, 0) is 43.2 Å². The minimum Gasteiger partial charge on any atom is -0.445 e. The van der Waals surface area contributed by atoms with Crippen LogP contribution >= 0.6 is 11.3 Å². The molecule has 5 aromatic rings. The van der Waals surface area contributed by atoms with Gasteiger partial charge in [-0.3, -0.25) is 4.79 Å². The summed E-state index contributed by atoms with van der Waals surface area (Å²) in [4.78, 5) is 28.7. The molecule has 0 radical (unpaired) electrons. The number of anilines is 1. The van der Waals surface area contributed by atoms with Crippen molar-refractivity contribution >= 4 is 22.9 Å². The number of carbonyl (C=O) groups excluding carboxylic acids is 1. The minimum absolute atomic E-state index is 0.00394. The second kappa shape index (κ2) is 10.7. The number of likely N-dealkylation sites (tertiary alicyclic amines) is 1. The zero-order chi connectivity index (χ0) is 27.8. The van der Waals surface area contributed by atoms with Crippen LogP contribution in [0.5, 0.6) is 0 Å². The van der Waals surface area contributed by atoms with Crippen LogP contribution in [-0.4, -0.2) is 38.5 Å². The molecular formula is C30H28FN5O3S. The molecule has 1 aliphatic rings. The molecule has 1 aliphatic heterocycles. The quantitative estimate of drug-likeness (QED) is 0.224. The summed E-state index contributed by atoms with van der Waals surface area (Å²) >= 11 is 1.44. The lowest BCUT2D eigenvalue weighted by Crippen LogP contribution is -2.31. The number of nitrogens with zero attached hydrogens (tertiary/aromatic N) is 4. The number of hydrogen-bond donors (Lipinski definition) is 1. The molecule has 0 saturated carbocycles. The third-order valence-corrected chi connectivity index (χ3v) is 8.19. The number of alkyl halides is 1. The molecule has 1 fully saturated rings. The van der Waals surface area contributed by atoms with Crippen LogP contribution in [0.3, 0.4) is 0 Å². The summed E-state index contributed by atoms with van der Waals surface area (Å²) in [5, 5.41) is 2.65. The predicted octanol–water partition coefficient (Wildman–Crippen LogP) is 6.62. The standard InChI is InChI=1S/C30H28FN5O3S/c1-17(9-19-5-3-4-6-24(19)32)26-14-34-28(39-26)21-10-20(27-33-7-8-38-27)11-22(12-21)30(37)36-15-23(31)13-25(36)29-35-18(2)16-40-29/h3-8,10-12,14,16-17,23,25H,9,13,15,32H2,1-2H3/t17-,23+,25-/m1/s1. The van der Waals surface area contributed by atoms with Crippen LogP contribution in [0, 0.1) is 6.92 Å². The van der Waals surface area contributed by atoms with Crippen molar-refractivity contribution in [2.45, 2.75) is 44.8 Å². The van der Waals surface area contributed by atoms with E-state index in [1.54, 1.807) is 29.4 Å². The van der Waals surface area contributed by atoms with Crippen LogP contribution in [-0.2, 0) is 6.42 Å². The highest BCUT2D eigenvalue weighted by Gasteiger charge is 2.38. The van der Waals surface area contributed by atoms with E-state index in [-0.39, 0.29) is 24.8 Å². The Morgan fingerprint density at radius 2 is 2.00 bits per heavy atom. The van der Waals surface area contributed by atoms with E-state index in [0.717, 1.165) is 22.0 Å². The summed E-state index contributed by atoms with van der Waals surface area (Å²) in [6, 6.07) is 12.6. The SMILES string of the molecule is Cc1csc([C@H]2C[C@H](F)CN2C(=O)c2cc(-c3ncco3)cc(-c3ncc([C@H](C)Cc4ccccc4N)o3)c2)n1. The molecule has 3 aromatic heterocycles. The number of halogens is 1. The first-order valence-electron chi connectivity index (χ1n) is 13.1. The van der Waals surface area contributed by atoms with Gasteiger partial charge in [0.2, 0.25) is 11.8 Å². The van der Waals surface area contributed by atoms with E-state index in [1.807, 2.05) is 42.6 Å². The van der Waals surface area contributed by atoms with E-state index in [1.165, 1.54) is 17.6 Å². The molecule has 4 heterocycles. The average Bonchev–Trinajstić information content (AvgIpc) is 3.76. The van der Waals surface area contributed by atoms with Crippen LogP contribution in [0.1, 0.15) is 57.7 Å². The number of benzene rings is 2. The highest BCUT2D eigenvalue weighted by Crippen LogP contribution is 2.37. The van der Waals surface area contributed by atoms with Crippen molar-refractivity contribution in [3.05, 3.63) is 94.1 Å². The minimum atomic E-state index is -1.12. The summed E-state index contributed by atoms with van der Waals surface area (Å²) in [6.07, 6.45) is 4.50. The summed E-state index contributed by atoms with van der Waals surface area (Å²) in [7, 11) is 0. The second-order valence-corrected chi connectivity index (χ2v) is 11.0. The second-order valence-electron chi connectivity index (χ2n) is 10.1. The molecule has 2 N–H and O–H groups in total. The molecule has 2 aromatic carbocycles. The van der Waals surface area contributed by atoms with E-state index in [0.29, 0.717) is 40.7 Å². The summed E-state index contributed by atoms with van der Waals surface area (Å²) in [6.45, 7) is 3.94. The molecule has 10 heteroatoms. The number of rotatable bonds is 7. The van der Waals surface area contributed by atoms with Crippen LogP contribution < -0.4 is 5.73 Å². The van der Waals surface area contributed by atoms with Crippen molar-refractivity contribution in [2.75, 3.05) is 12.3 Å². The lowest BCUT2D eigenvalue weighted by molar-refractivity contribution is 0.0728. The van der Waals surface area contributed by atoms with Gasteiger partial charge in [0.25, 0.3) is 5.91 Å². The van der Waals surface area contributed by atoms with Gasteiger partial charge in [0.05, 0.1) is 25.0 Å². The molecule has 204 valence electrons. The lowest BCUT2D eigenvalue weighted by atomic mass is 9.98. The third-order valence-electron chi connectivity index (χ3n) is 7.13. The van der Waals surface area contributed by atoms with Crippen LogP contribution in [0.4, 0.5) is 10.1 Å². The third kappa shape index (κ3) is 5.14. The van der Waals surface area contributed by atoms with Crippen molar-refractivity contribution < 1.29 is 18.0 Å². The Labute approximate surface area is 234 Å². The molecule has 0 aliphatic carbocycles. The molecule has 0 bridgehead atoms. The normalized spacial score (nSPS) is 17.8. The highest BCUT2D eigenvalue weighted by atomic mass is 32.1. The maximum atomic E-state index is 14.6.